The first-order valence-corrected chi connectivity index (χ1v) is 6.24. The molecule has 0 aliphatic heterocycles. The maximum Gasteiger partial charge on any atom is 0.0681 e. The molecule has 3 nitrogen and oxygen atoms in total. The molecule has 0 spiro atoms. The van der Waals surface area contributed by atoms with E-state index in [0.29, 0.717) is 5.92 Å². The molecule has 0 aliphatic rings. The lowest BCUT2D eigenvalue weighted by Gasteiger charge is -2.28. The van der Waals surface area contributed by atoms with E-state index in [-0.39, 0.29) is 12.1 Å². The lowest BCUT2D eigenvalue weighted by Crippen LogP contribution is -2.45. The molecule has 0 heterocycles. The molecule has 0 radical (unpaired) electrons. The molecule has 1 aromatic carbocycles. The molecular formula is C14H24N2O. The van der Waals surface area contributed by atoms with E-state index in [1.807, 2.05) is 30.3 Å². The number of hydrogen-bond acceptors (Lipinski definition) is 3. The maximum atomic E-state index is 9.65. The molecule has 0 amide bonds. The number of benzene rings is 1. The highest BCUT2D eigenvalue weighted by Crippen LogP contribution is 2.18. The van der Waals surface area contributed by atoms with Gasteiger partial charge in [0, 0.05) is 12.1 Å². The molecule has 4 N–H and O–H groups in total. The molecule has 0 aliphatic carbocycles. The van der Waals surface area contributed by atoms with Crippen LogP contribution in [0.5, 0.6) is 0 Å². The number of rotatable bonds is 6. The lowest BCUT2D eigenvalue weighted by atomic mass is 9.96. The highest BCUT2D eigenvalue weighted by atomic mass is 16.3. The summed E-state index contributed by atoms with van der Waals surface area (Å²) in [6, 6.07) is 9.76. The van der Waals surface area contributed by atoms with Crippen molar-refractivity contribution in [1.82, 2.24) is 5.32 Å². The normalized spacial score (nSPS) is 16.8. The van der Waals surface area contributed by atoms with Gasteiger partial charge in [0.25, 0.3) is 0 Å². The van der Waals surface area contributed by atoms with Gasteiger partial charge in [0.05, 0.1) is 6.10 Å². The van der Waals surface area contributed by atoms with Crippen molar-refractivity contribution >= 4 is 0 Å². The van der Waals surface area contributed by atoms with Gasteiger partial charge in [-0.1, -0.05) is 44.2 Å². The molecule has 0 saturated heterocycles. The largest absolute Gasteiger partial charge is 0.392 e. The van der Waals surface area contributed by atoms with Gasteiger partial charge in [0.2, 0.25) is 0 Å². The smallest absolute Gasteiger partial charge is 0.0681 e. The molecule has 1 rings (SSSR count). The summed E-state index contributed by atoms with van der Waals surface area (Å²) >= 11 is 0. The minimum absolute atomic E-state index is 0.00130. The Labute approximate surface area is 104 Å². The van der Waals surface area contributed by atoms with Crippen LogP contribution in [0.15, 0.2) is 30.3 Å². The maximum absolute atomic E-state index is 9.65. The van der Waals surface area contributed by atoms with Crippen LogP contribution in [-0.4, -0.2) is 23.8 Å². The monoisotopic (exact) mass is 236 g/mol. The summed E-state index contributed by atoms with van der Waals surface area (Å²) < 4.78 is 0. The molecule has 3 heteroatoms. The predicted molar refractivity (Wildman–Crippen MR) is 71.7 cm³/mol. The Bertz CT molecular complexity index is 311. The quantitative estimate of drug-likeness (QED) is 0.704. The van der Waals surface area contributed by atoms with Gasteiger partial charge in [-0.15, -0.1) is 0 Å². The summed E-state index contributed by atoms with van der Waals surface area (Å²) in [5, 5.41) is 13.1. The molecule has 3 atom stereocenters. The highest BCUT2D eigenvalue weighted by molar-refractivity contribution is 5.21. The number of nitrogens with one attached hydrogen (secondary N) is 1. The minimum Gasteiger partial charge on any atom is -0.392 e. The van der Waals surface area contributed by atoms with E-state index in [9.17, 15) is 5.11 Å². The molecule has 0 bridgehead atoms. The summed E-state index contributed by atoms with van der Waals surface area (Å²) in [6.45, 7) is 6.93. The number of aliphatic hydroxyl groups is 1. The van der Waals surface area contributed by atoms with Gasteiger partial charge in [-0.05, 0) is 24.9 Å². The standard InChI is InChI=1S/C14H24N2O/c1-10(2)9-16-14(13(15)11(3)17)12-7-5-4-6-8-12/h4-8,10-11,13-14,16-17H,9,15H2,1-3H3/t11-,13-,14?/m1/s1. The second-order valence-electron chi connectivity index (χ2n) is 5.01. The van der Waals surface area contributed by atoms with E-state index in [1.165, 1.54) is 0 Å². The van der Waals surface area contributed by atoms with Gasteiger partial charge < -0.3 is 16.2 Å². The third-order valence-electron chi connectivity index (χ3n) is 2.85. The van der Waals surface area contributed by atoms with E-state index in [0.717, 1.165) is 12.1 Å². The first-order valence-electron chi connectivity index (χ1n) is 6.24. The molecular weight excluding hydrogens is 212 g/mol. The zero-order valence-electron chi connectivity index (χ0n) is 10.9. The van der Waals surface area contributed by atoms with Gasteiger partial charge in [-0.3, -0.25) is 0 Å². The van der Waals surface area contributed by atoms with Gasteiger partial charge in [0.15, 0.2) is 0 Å². The second kappa shape index (κ2) is 6.74. The van der Waals surface area contributed by atoms with Crippen molar-refractivity contribution in [2.45, 2.75) is 39.0 Å². The molecule has 0 fully saturated rings. The Kier molecular flexibility index (Phi) is 5.62. The molecule has 1 unspecified atom stereocenters. The summed E-state index contributed by atoms with van der Waals surface area (Å²) in [6.07, 6.45) is -0.528. The van der Waals surface area contributed by atoms with Crippen LogP contribution in [0, 0.1) is 5.92 Å². The minimum atomic E-state index is -0.528. The predicted octanol–water partition coefficient (Wildman–Crippen LogP) is 1.68. The zero-order chi connectivity index (χ0) is 12.8. The van der Waals surface area contributed by atoms with Crippen molar-refractivity contribution in [3.63, 3.8) is 0 Å². The fourth-order valence-corrected chi connectivity index (χ4v) is 1.78. The second-order valence-corrected chi connectivity index (χ2v) is 5.01. The summed E-state index contributed by atoms with van der Waals surface area (Å²) in [5.74, 6) is 0.558. The topological polar surface area (TPSA) is 58.3 Å². The van der Waals surface area contributed by atoms with Crippen molar-refractivity contribution in [2.75, 3.05) is 6.54 Å². The van der Waals surface area contributed by atoms with Crippen LogP contribution in [0.3, 0.4) is 0 Å². The van der Waals surface area contributed by atoms with Crippen molar-refractivity contribution in [1.29, 1.82) is 0 Å². The molecule has 17 heavy (non-hydrogen) atoms. The van der Waals surface area contributed by atoms with E-state index in [1.54, 1.807) is 6.92 Å². The van der Waals surface area contributed by atoms with Crippen molar-refractivity contribution in [3.05, 3.63) is 35.9 Å². The first-order chi connectivity index (χ1) is 8.02. The Morgan fingerprint density at radius 1 is 1.18 bits per heavy atom. The van der Waals surface area contributed by atoms with Crippen LogP contribution in [0.4, 0.5) is 0 Å². The molecule has 0 aromatic heterocycles. The van der Waals surface area contributed by atoms with Crippen molar-refractivity contribution < 1.29 is 5.11 Å². The first kappa shape index (κ1) is 14.2. The van der Waals surface area contributed by atoms with Gasteiger partial charge in [0.1, 0.15) is 0 Å². The molecule has 0 saturated carbocycles. The fourth-order valence-electron chi connectivity index (χ4n) is 1.78. The average molecular weight is 236 g/mol. The fraction of sp³-hybridized carbons (Fsp3) is 0.571. The van der Waals surface area contributed by atoms with Crippen LogP contribution < -0.4 is 11.1 Å². The van der Waals surface area contributed by atoms with Crippen molar-refractivity contribution in [2.24, 2.45) is 11.7 Å². The van der Waals surface area contributed by atoms with Crippen LogP contribution in [-0.2, 0) is 0 Å². The summed E-state index contributed by atoms with van der Waals surface area (Å²) in [5.41, 5.74) is 7.19. The van der Waals surface area contributed by atoms with E-state index < -0.39 is 6.10 Å². The summed E-state index contributed by atoms with van der Waals surface area (Å²) in [4.78, 5) is 0. The van der Waals surface area contributed by atoms with Crippen LogP contribution >= 0.6 is 0 Å². The van der Waals surface area contributed by atoms with Crippen LogP contribution in [0.2, 0.25) is 0 Å². The Hall–Kier alpha value is -0.900. The molecule has 1 aromatic rings. The van der Waals surface area contributed by atoms with Gasteiger partial charge >= 0.3 is 0 Å². The van der Waals surface area contributed by atoms with Gasteiger partial charge in [-0.2, -0.15) is 0 Å². The highest BCUT2D eigenvalue weighted by Gasteiger charge is 2.23. The third-order valence-corrected chi connectivity index (χ3v) is 2.85. The van der Waals surface area contributed by atoms with Gasteiger partial charge in [-0.25, -0.2) is 0 Å². The van der Waals surface area contributed by atoms with Crippen LogP contribution in [0.1, 0.15) is 32.4 Å². The van der Waals surface area contributed by atoms with E-state index >= 15 is 0 Å². The summed E-state index contributed by atoms with van der Waals surface area (Å²) in [7, 11) is 0. The van der Waals surface area contributed by atoms with Crippen LogP contribution in [0.25, 0.3) is 0 Å². The number of aliphatic hydroxyl groups excluding tert-OH is 1. The Balaban J connectivity index is 2.79. The lowest BCUT2D eigenvalue weighted by molar-refractivity contribution is 0.142. The zero-order valence-corrected chi connectivity index (χ0v) is 10.9. The van der Waals surface area contributed by atoms with E-state index in [2.05, 4.69) is 19.2 Å². The Morgan fingerprint density at radius 2 is 1.76 bits per heavy atom. The molecule has 96 valence electrons. The van der Waals surface area contributed by atoms with Crippen molar-refractivity contribution in [3.8, 4) is 0 Å². The third kappa shape index (κ3) is 4.46. The SMILES string of the molecule is CC(C)CNC(c1ccccc1)[C@H](N)[C@@H](C)O. The average Bonchev–Trinajstić information content (AvgIpc) is 2.30. The Morgan fingerprint density at radius 3 is 2.24 bits per heavy atom. The van der Waals surface area contributed by atoms with E-state index in [4.69, 9.17) is 5.73 Å². The number of hydrogen-bond donors (Lipinski definition) is 3. The number of nitrogens with two attached hydrogens (primary N) is 1.